The normalized spacial score (nSPS) is 11.8. The molecule has 0 radical (unpaired) electrons. The van der Waals surface area contributed by atoms with Crippen molar-refractivity contribution in [1.29, 1.82) is 0 Å². The highest BCUT2D eigenvalue weighted by Gasteiger charge is 2.13. The fraction of sp³-hybridized carbons (Fsp3) is 0.314. The molecule has 0 nitrogen and oxygen atoms in total. The van der Waals surface area contributed by atoms with E-state index in [-0.39, 0.29) is 0 Å². The Morgan fingerprint density at radius 3 is 1.34 bits per heavy atom. The summed E-state index contributed by atoms with van der Waals surface area (Å²) in [4.78, 5) is 0. The fourth-order valence-corrected chi connectivity index (χ4v) is 4.21. The molecule has 2 atom stereocenters. The molecule has 0 fully saturated rings. The van der Waals surface area contributed by atoms with Crippen LogP contribution >= 0.6 is 0 Å². The van der Waals surface area contributed by atoms with Crippen molar-refractivity contribution in [2.75, 3.05) is 0 Å². The van der Waals surface area contributed by atoms with Gasteiger partial charge in [0.1, 0.15) is 0 Å². The number of unbranched alkanes of at least 4 members (excludes halogenated alkanes) is 1. The lowest BCUT2D eigenvalue weighted by Gasteiger charge is -2.18. The predicted molar refractivity (Wildman–Crippen MR) is 155 cm³/mol. The molecule has 0 spiro atoms. The summed E-state index contributed by atoms with van der Waals surface area (Å²) in [6.07, 6.45) is 3.78. The number of hydrogen-bond donors (Lipinski definition) is 0. The molecule has 4 aromatic carbocycles. The molecule has 0 bridgehead atoms. The Bertz CT molecular complexity index is 1040. The number of benzene rings is 4. The first kappa shape index (κ1) is 28.1. The molecule has 0 heterocycles. The minimum atomic E-state index is 0.479. The van der Waals surface area contributed by atoms with Gasteiger partial charge in [0.05, 0.1) is 0 Å². The molecule has 0 heteroatoms. The molecule has 0 aromatic heterocycles. The van der Waals surface area contributed by atoms with Crippen molar-refractivity contribution in [2.24, 2.45) is 0 Å². The molecule has 2 unspecified atom stereocenters. The molecule has 0 saturated heterocycles. The van der Waals surface area contributed by atoms with E-state index in [1.54, 1.807) is 0 Å². The summed E-state index contributed by atoms with van der Waals surface area (Å²) in [5.74, 6) is 1.03. The van der Waals surface area contributed by atoms with Crippen LogP contribution in [0, 0.1) is 13.8 Å². The van der Waals surface area contributed by atoms with Crippen LogP contribution < -0.4 is 0 Å². The van der Waals surface area contributed by atoms with Gasteiger partial charge in [0.15, 0.2) is 0 Å². The molecule has 0 saturated carbocycles. The minimum absolute atomic E-state index is 0.479. The van der Waals surface area contributed by atoms with Crippen molar-refractivity contribution in [2.45, 2.75) is 72.6 Å². The number of hydrogen-bond acceptors (Lipinski definition) is 0. The van der Waals surface area contributed by atoms with Crippen molar-refractivity contribution < 1.29 is 0 Å². The lowest BCUT2D eigenvalue weighted by molar-refractivity contribution is 0.650. The Kier molecular flexibility index (Phi) is 12.6. The van der Waals surface area contributed by atoms with Crippen LogP contribution in [-0.4, -0.2) is 0 Å². The van der Waals surface area contributed by atoms with Crippen molar-refractivity contribution in [3.05, 3.63) is 143 Å². The Hall–Kier alpha value is -3.12. The molecule has 0 aliphatic heterocycles. The van der Waals surface area contributed by atoms with Gasteiger partial charge in [-0.2, -0.15) is 0 Å². The highest BCUT2D eigenvalue weighted by molar-refractivity contribution is 5.34. The molecule has 35 heavy (non-hydrogen) atoms. The third-order valence-corrected chi connectivity index (χ3v) is 6.40. The molecule has 0 N–H and O–H groups in total. The highest BCUT2D eigenvalue weighted by Crippen LogP contribution is 2.29. The summed E-state index contributed by atoms with van der Waals surface area (Å²) >= 11 is 0. The first-order valence-electron chi connectivity index (χ1n) is 13.3. The predicted octanol–water partition coefficient (Wildman–Crippen LogP) is 10.5. The molecule has 0 aliphatic carbocycles. The van der Waals surface area contributed by atoms with Crippen LogP contribution in [-0.2, 0) is 0 Å². The maximum Gasteiger partial charge on any atom is 0.00893 e. The van der Waals surface area contributed by atoms with Crippen LogP contribution in [0.4, 0.5) is 0 Å². The van der Waals surface area contributed by atoms with Gasteiger partial charge in [0.25, 0.3) is 0 Å². The summed E-state index contributed by atoms with van der Waals surface area (Å²) in [5.41, 5.74) is 8.29. The fourth-order valence-electron chi connectivity index (χ4n) is 4.21. The van der Waals surface area contributed by atoms with Gasteiger partial charge >= 0.3 is 0 Å². The van der Waals surface area contributed by atoms with Gasteiger partial charge in [-0.15, -0.1) is 0 Å². The lowest BCUT2D eigenvalue weighted by Crippen LogP contribution is -2.01. The SMILES string of the molecule is CC.CCCCC(c1ccccc1)c1ccc(C)cc1.Cc1ccc(C(C)c2ccccc2)cc1. The average Bonchev–Trinajstić information content (AvgIpc) is 2.92. The van der Waals surface area contributed by atoms with Crippen LogP contribution in [0.3, 0.4) is 0 Å². The summed E-state index contributed by atoms with van der Waals surface area (Å²) in [7, 11) is 0. The van der Waals surface area contributed by atoms with Gasteiger partial charge in [-0.3, -0.25) is 0 Å². The van der Waals surface area contributed by atoms with E-state index in [9.17, 15) is 0 Å². The van der Waals surface area contributed by atoms with Gasteiger partial charge in [-0.25, -0.2) is 0 Å². The third-order valence-electron chi connectivity index (χ3n) is 6.40. The standard InChI is InChI=1S/C18H22.C15H16.C2H6/c1-3-4-10-18(16-8-6-5-7-9-16)17-13-11-15(2)12-14-17;1-12-8-10-15(11-9-12)13(2)14-6-4-3-5-7-14;1-2/h5-9,11-14,18H,3-4,10H2,1-2H3;3-11,13H,1-2H3;1-2H3. The van der Waals surface area contributed by atoms with E-state index in [4.69, 9.17) is 0 Å². The number of aryl methyl sites for hydroxylation is 2. The highest BCUT2D eigenvalue weighted by atomic mass is 14.2. The van der Waals surface area contributed by atoms with Gasteiger partial charge in [0.2, 0.25) is 0 Å². The Morgan fingerprint density at radius 1 is 0.514 bits per heavy atom. The summed E-state index contributed by atoms with van der Waals surface area (Å²) in [6, 6.07) is 39.3. The molecule has 4 rings (SSSR count). The monoisotopic (exact) mass is 464 g/mol. The second kappa shape index (κ2) is 15.7. The Morgan fingerprint density at radius 2 is 0.886 bits per heavy atom. The largest absolute Gasteiger partial charge is 0.0683 e. The molecule has 0 aliphatic rings. The van der Waals surface area contributed by atoms with E-state index in [1.807, 2.05) is 13.8 Å². The molecular weight excluding hydrogens is 420 g/mol. The van der Waals surface area contributed by atoms with Crippen molar-refractivity contribution in [3.8, 4) is 0 Å². The quantitative estimate of drug-likeness (QED) is 0.255. The summed E-state index contributed by atoms with van der Waals surface area (Å²) in [5, 5.41) is 0. The molecule has 4 aromatic rings. The lowest BCUT2D eigenvalue weighted by atomic mass is 9.87. The van der Waals surface area contributed by atoms with E-state index >= 15 is 0 Å². The van der Waals surface area contributed by atoms with E-state index in [2.05, 4.69) is 137 Å². The van der Waals surface area contributed by atoms with Crippen LogP contribution in [0.2, 0.25) is 0 Å². The van der Waals surface area contributed by atoms with Crippen molar-refractivity contribution >= 4 is 0 Å². The topological polar surface area (TPSA) is 0 Å². The Balaban J connectivity index is 0.000000234. The maximum absolute atomic E-state index is 2.28. The maximum atomic E-state index is 2.28. The second-order valence-electron chi connectivity index (χ2n) is 9.06. The van der Waals surface area contributed by atoms with Gasteiger partial charge in [-0.1, -0.05) is 161 Å². The smallest absolute Gasteiger partial charge is 0.00893 e. The van der Waals surface area contributed by atoms with Gasteiger partial charge < -0.3 is 0 Å². The van der Waals surface area contributed by atoms with E-state index in [0.717, 1.165) is 0 Å². The first-order valence-corrected chi connectivity index (χ1v) is 13.3. The van der Waals surface area contributed by atoms with Crippen LogP contribution in [0.15, 0.2) is 109 Å². The van der Waals surface area contributed by atoms with Crippen molar-refractivity contribution in [3.63, 3.8) is 0 Å². The summed E-state index contributed by atoms with van der Waals surface area (Å²) < 4.78 is 0. The molecular formula is C35H44. The van der Waals surface area contributed by atoms with E-state index < -0.39 is 0 Å². The first-order chi connectivity index (χ1) is 17.1. The molecule has 0 amide bonds. The Labute approximate surface area is 215 Å². The average molecular weight is 465 g/mol. The zero-order valence-corrected chi connectivity index (χ0v) is 22.7. The van der Waals surface area contributed by atoms with Crippen LogP contribution in [0.25, 0.3) is 0 Å². The van der Waals surface area contributed by atoms with Crippen LogP contribution in [0.1, 0.15) is 92.2 Å². The van der Waals surface area contributed by atoms with Gasteiger partial charge in [0, 0.05) is 11.8 Å². The second-order valence-corrected chi connectivity index (χ2v) is 9.06. The van der Waals surface area contributed by atoms with E-state index in [1.165, 1.54) is 52.6 Å². The summed E-state index contributed by atoms with van der Waals surface area (Å²) in [6.45, 7) is 12.8. The van der Waals surface area contributed by atoms with Crippen LogP contribution in [0.5, 0.6) is 0 Å². The number of rotatable bonds is 7. The zero-order valence-electron chi connectivity index (χ0n) is 22.7. The minimum Gasteiger partial charge on any atom is -0.0683 e. The van der Waals surface area contributed by atoms with Gasteiger partial charge in [-0.05, 0) is 42.5 Å². The zero-order chi connectivity index (χ0) is 25.5. The van der Waals surface area contributed by atoms with Crippen molar-refractivity contribution in [1.82, 2.24) is 0 Å². The van der Waals surface area contributed by atoms with E-state index in [0.29, 0.717) is 11.8 Å². The third kappa shape index (κ3) is 9.21. The molecule has 184 valence electrons.